The summed E-state index contributed by atoms with van der Waals surface area (Å²) >= 11 is 1.60. The van der Waals surface area contributed by atoms with Gasteiger partial charge in [-0.2, -0.15) is 0 Å². The molecule has 2 rings (SSSR count). The lowest BCUT2D eigenvalue weighted by Gasteiger charge is -2.25. The molecule has 0 unspecified atom stereocenters. The van der Waals surface area contributed by atoms with E-state index in [0.717, 1.165) is 41.9 Å². The highest BCUT2D eigenvalue weighted by molar-refractivity contribution is 14.0. The Kier molecular flexibility index (Phi) is 11.1. The van der Waals surface area contributed by atoms with Crippen molar-refractivity contribution in [3.05, 3.63) is 40.7 Å². The molecule has 1 aromatic heterocycles. The van der Waals surface area contributed by atoms with Crippen LogP contribution in [-0.2, 0) is 11.3 Å². The standard InChI is InChI=1S/C20H29N5OS.HI/c1-5-21-20(24(4)14-19(26)25(6-2)7-3)22-13-18-23-17(15-27-18)16-11-9-8-10-12-16;/h8-12,15H,5-7,13-14H2,1-4H3,(H,21,22);1H. The van der Waals surface area contributed by atoms with Gasteiger partial charge in [0.1, 0.15) is 5.01 Å². The molecule has 1 amide bonds. The maximum atomic E-state index is 12.4. The van der Waals surface area contributed by atoms with Gasteiger partial charge in [-0.25, -0.2) is 9.98 Å². The Balaban J connectivity index is 0.00000392. The largest absolute Gasteiger partial charge is 0.357 e. The number of rotatable bonds is 8. The maximum Gasteiger partial charge on any atom is 0.242 e. The fourth-order valence-corrected chi connectivity index (χ4v) is 3.42. The summed E-state index contributed by atoms with van der Waals surface area (Å²) in [5.41, 5.74) is 2.08. The predicted molar refractivity (Wildman–Crippen MR) is 128 cm³/mol. The number of guanidine groups is 1. The van der Waals surface area contributed by atoms with Crippen LogP contribution in [0.5, 0.6) is 0 Å². The van der Waals surface area contributed by atoms with Crippen LogP contribution < -0.4 is 5.32 Å². The molecule has 8 heteroatoms. The molecule has 0 saturated carbocycles. The van der Waals surface area contributed by atoms with Crippen LogP contribution in [0, 0.1) is 0 Å². The lowest BCUT2D eigenvalue weighted by Crippen LogP contribution is -2.45. The van der Waals surface area contributed by atoms with Gasteiger partial charge in [-0.15, -0.1) is 35.3 Å². The summed E-state index contributed by atoms with van der Waals surface area (Å²) in [6, 6.07) is 10.1. The van der Waals surface area contributed by atoms with Gasteiger partial charge in [0.25, 0.3) is 0 Å². The third-order valence-corrected chi connectivity index (χ3v) is 5.00. The van der Waals surface area contributed by atoms with Gasteiger partial charge in [-0.05, 0) is 20.8 Å². The summed E-state index contributed by atoms with van der Waals surface area (Å²) in [6.07, 6.45) is 0. The molecular formula is C20H30IN5OS. The minimum absolute atomic E-state index is 0. The number of likely N-dealkylation sites (N-methyl/N-ethyl adjacent to an activating group) is 2. The molecule has 0 aliphatic carbocycles. The normalized spacial score (nSPS) is 10.9. The Morgan fingerprint density at radius 3 is 2.46 bits per heavy atom. The molecule has 1 aromatic carbocycles. The van der Waals surface area contributed by atoms with Crippen molar-refractivity contribution in [3.8, 4) is 11.3 Å². The van der Waals surface area contributed by atoms with Gasteiger partial charge in [0.15, 0.2) is 5.96 Å². The van der Waals surface area contributed by atoms with Gasteiger partial charge in [-0.1, -0.05) is 30.3 Å². The molecule has 0 radical (unpaired) electrons. The number of nitrogens with zero attached hydrogens (tertiary/aromatic N) is 4. The van der Waals surface area contributed by atoms with Crippen LogP contribution in [0.1, 0.15) is 25.8 Å². The molecule has 1 N–H and O–H groups in total. The number of nitrogens with one attached hydrogen (secondary N) is 1. The van der Waals surface area contributed by atoms with E-state index < -0.39 is 0 Å². The van der Waals surface area contributed by atoms with E-state index in [0.29, 0.717) is 13.1 Å². The first-order valence-electron chi connectivity index (χ1n) is 9.36. The van der Waals surface area contributed by atoms with Crippen LogP contribution in [0.3, 0.4) is 0 Å². The number of hydrogen-bond acceptors (Lipinski definition) is 4. The lowest BCUT2D eigenvalue weighted by atomic mass is 10.2. The van der Waals surface area contributed by atoms with Crippen LogP contribution in [0.2, 0.25) is 0 Å². The summed E-state index contributed by atoms with van der Waals surface area (Å²) in [5.74, 6) is 0.822. The molecule has 0 spiro atoms. The Morgan fingerprint density at radius 1 is 1.18 bits per heavy atom. The van der Waals surface area contributed by atoms with Crippen LogP contribution in [0.15, 0.2) is 40.7 Å². The molecule has 0 fully saturated rings. The number of thiazole rings is 1. The van der Waals surface area contributed by atoms with Crippen LogP contribution >= 0.6 is 35.3 Å². The van der Waals surface area contributed by atoms with E-state index in [9.17, 15) is 4.79 Å². The summed E-state index contributed by atoms with van der Waals surface area (Å²) < 4.78 is 0. The van der Waals surface area contributed by atoms with E-state index in [4.69, 9.17) is 0 Å². The first kappa shape index (κ1) is 24.4. The third-order valence-electron chi connectivity index (χ3n) is 4.17. The van der Waals surface area contributed by atoms with Crippen molar-refractivity contribution in [1.82, 2.24) is 20.1 Å². The highest BCUT2D eigenvalue weighted by Crippen LogP contribution is 2.21. The van der Waals surface area contributed by atoms with Crippen molar-refractivity contribution in [3.63, 3.8) is 0 Å². The number of benzene rings is 1. The Bertz CT molecular complexity index is 746. The van der Waals surface area contributed by atoms with E-state index in [1.54, 1.807) is 11.3 Å². The zero-order valence-electron chi connectivity index (χ0n) is 17.0. The first-order valence-corrected chi connectivity index (χ1v) is 10.2. The zero-order valence-corrected chi connectivity index (χ0v) is 20.2. The summed E-state index contributed by atoms with van der Waals surface area (Å²) in [7, 11) is 1.89. The summed E-state index contributed by atoms with van der Waals surface area (Å²) in [4.78, 5) is 25.4. The maximum absolute atomic E-state index is 12.4. The van der Waals surface area contributed by atoms with Gasteiger partial charge in [-0.3, -0.25) is 4.79 Å². The fraction of sp³-hybridized carbons (Fsp3) is 0.450. The number of aliphatic imine (C=N–C) groups is 1. The highest BCUT2D eigenvalue weighted by atomic mass is 127. The van der Waals surface area contributed by atoms with Crippen molar-refractivity contribution in [2.45, 2.75) is 27.3 Å². The fourth-order valence-electron chi connectivity index (χ4n) is 2.69. The smallest absolute Gasteiger partial charge is 0.242 e. The van der Waals surface area contributed by atoms with Crippen molar-refractivity contribution in [2.24, 2.45) is 4.99 Å². The number of carbonyl (C=O) groups is 1. The van der Waals surface area contributed by atoms with Gasteiger partial charge in [0.2, 0.25) is 5.91 Å². The second-order valence-corrected chi connectivity index (χ2v) is 7.03. The number of amides is 1. The van der Waals surface area contributed by atoms with E-state index in [1.807, 2.05) is 55.8 Å². The predicted octanol–water partition coefficient (Wildman–Crippen LogP) is 3.69. The third kappa shape index (κ3) is 7.05. The van der Waals surface area contributed by atoms with Gasteiger partial charge in [0.05, 0.1) is 18.8 Å². The van der Waals surface area contributed by atoms with Gasteiger partial charge >= 0.3 is 0 Å². The van der Waals surface area contributed by atoms with E-state index in [-0.39, 0.29) is 29.9 Å². The number of aromatic nitrogens is 1. The van der Waals surface area contributed by atoms with Crippen LogP contribution in [-0.4, -0.2) is 59.9 Å². The lowest BCUT2D eigenvalue weighted by molar-refractivity contribution is -0.131. The first-order chi connectivity index (χ1) is 13.1. The second kappa shape index (κ2) is 12.7. The molecule has 0 aliphatic rings. The van der Waals surface area contributed by atoms with Crippen molar-refractivity contribution in [1.29, 1.82) is 0 Å². The van der Waals surface area contributed by atoms with Gasteiger partial charge < -0.3 is 15.1 Å². The molecular weight excluding hydrogens is 485 g/mol. The average molecular weight is 515 g/mol. The van der Waals surface area contributed by atoms with Crippen LogP contribution in [0.4, 0.5) is 0 Å². The number of carbonyl (C=O) groups excluding carboxylic acids is 1. The minimum Gasteiger partial charge on any atom is -0.357 e. The summed E-state index contributed by atoms with van der Waals surface area (Å²) in [6.45, 7) is 8.99. The summed E-state index contributed by atoms with van der Waals surface area (Å²) in [5, 5.41) is 6.26. The monoisotopic (exact) mass is 515 g/mol. The zero-order chi connectivity index (χ0) is 19.6. The Hall–Kier alpha value is -1.68. The SMILES string of the molecule is CCNC(=NCc1nc(-c2ccccc2)cs1)N(C)CC(=O)N(CC)CC.I. The second-order valence-electron chi connectivity index (χ2n) is 6.08. The van der Waals surface area contributed by atoms with Crippen LogP contribution in [0.25, 0.3) is 11.3 Å². The van der Waals surface area contributed by atoms with E-state index in [1.165, 1.54) is 0 Å². The molecule has 0 saturated heterocycles. The quantitative estimate of drug-likeness (QED) is 0.331. The van der Waals surface area contributed by atoms with E-state index >= 15 is 0 Å². The number of halogens is 1. The van der Waals surface area contributed by atoms with Crippen molar-refractivity contribution >= 4 is 47.2 Å². The molecule has 28 heavy (non-hydrogen) atoms. The van der Waals surface area contributed by atoms with E-state index in [2.05, 4.69) is 32.8 Å². The average Bonchev–Trinajstić information content (AvgIpc) is 3.15. The molecule has 0 aliphatic heterocycles. The Labute approximate surface area is 189 Å². The number of hydrogen-bond donors (Lipinski definition) is 1. The molecule has 154 valence electrons. The molecule has 1 heterocycles. The highest BCUT2D eigenvalue weighted by Gasteiger charge is 2.15. The van der Waals surface area contributed by atoms with Crippen molar-refractivity contribution in [2.75, 3.05) is 33.2 Å². The molecule has 2 aromatic rings. The molecule has 0 atom stereocenters. The van der Waals surface area contributed by atoms with Crippen molar-refractivity contribution < 1.29 is 4.79 Å². The molecule has 0 bridgehead atoms. The topological polar surface area (TPSA) is 60.8 Å². The Morgan fingerprint density at radius 2 is 1.86 bits per heavy atom. The van der Waals surface area contributed by atoms with Gasteiger partial charge in [0, 0.05) is 37.6 Å². The molecule has 6 nitrogen and oxygen atoms in total. The minimum atomic E-state index is 0.